The molecule has 0 spiro atoms. The van der Waals surface area contributed by atoms with E-state index in [4.69, 9.17) is 11.6 Å². The molecule has 130 valence electrons. The number of halogens is 1. The summed E-state index contributed by atoms with van der Waals surface area (Å²) in [5.41, 5.74) is 1.88. The first-order chi connectivity index (χ1) is 11.8. The van der Waals surface area contributed by atoms with Crippen molar-refractivity contribution in [2.24, 2.45) is 4.40 Å². The molecule has 0 aromatic heterocycles. The molecule has 8 heteroatoms. The van der Waals surface area contributed by atoms with Gasteiger partial charge in [0.2, 0.25) is 5.91 Å². The third-order valence-corrected chi connectivity index (χ3v) is 5.63. The van der Waals surface area contributed by atoms with Crippen molar-refractivity contribution in [1.82, 2.24) is 4.90 Å². The third kappa shape index (κ3) is 3.38. The smallest absolute Gasteiger partial charge is 0.285 e. The van der Waals surface area contributed by atoms with Crippen LogP contribution in [0.15, 0.2) is 51.8 Å². The minimum atomic E-state index is -3.71. The number of hydrogen-bond donors (Lipinski definition) is 1. The maximum absolute atomic E-state index is 12.3. The van der Waals surface area contributed by atoms with Crippen LogP contribution in [-0.4, -0.2) is 38.7 Å². The van der Waals surface area contributed by atoms with Crippen molar-refractivity contribution in [3.05, 3.63) is 58.6 Å². The zero-order valence-corrected chi connectivity index (χ0v) is 15.2. The van der Waals surface area contributed by atoms with Crippen LogP contribution in [0.1, 0.15) is 11.1 Å². The predicted molar refractivity (Wildman–Crippen MR) is 97.6 cm³/mol. The van der Waals surface area contributed by atoms with Gasteiger partial charge in [-0.2, -0.15) is 8.42 Å². The fourth-order valence-corrected chi connectivity index (χ4v) is 4.01. The molecule has 2 aromatic carbocycles. The summed E-state index contributed by atoms with van der Waals surface area (Å²) >= 11 is 6.05. The van der Waals surface area contributed by atoms with E-state index >= 15 is 0 Å². The number of nitrogens with one attached hydrogen (secondary N) is 1. The van der Waals surface area contributed by atoms with E-state index in [1.54, 1.807) is 43.4 Å². The van der Waals surface area contributed by atoms with Crippen LogP contribution in [-0.2, 0) is 14.8 Å². The van der Waals surface area contributed by atoms with Crippen molar-refractivity contribution >= 4 is 39.1 Å². The fraction of sp³-hybridized carbons (Fsp3) is 0.176. The molecule has 25 heavy (non-hydrogen) atoms. The molecule has 6 nitrogen and oxygen atoms in total. The van der Waals surface area contributed by atoms with Crippen molar-refractivity contribution in [3.8, 4) is 0 Å². The maximum atomic E-state index is 12.3. The summed E-state index contributed by atoms with van der Waals surface area (Å²) < 4.78 is 28.0. The average Bonchev–Trinajstić information content (AvgIpc) is 2.84. The van der Waals surface area contributed by atoms with Crippen LogP contribution in [0.3, 0.4) is 0 Å². The van der Waals surface area contributed by atoms with Gasteiger partial charge in [-0.25, -0.2) is 0 Å². The summed E-state index contributed by atoms with van der Waals surface area (Å²) in [6.07, 6.45) is 0. The Hall–Kier alpha value is -2.38. The molecule has 0 fully saturated rings. The Morgan fingerprint density at radius 2 is 1.92 bits per heavy atom. The normalized spacial score (nSPS) is 14.6. The minimum Gasteiger partial charge on any atom is -0.349 e. The Kier molecular flexibility index (Phi) is 4.53. The van der Waals surface area contributed by atoms with E-state index < -0.39 is 10.0 Å². The molecule has 1 aliphatic heterocycles. The SMILES string of the molecule is Cc1c(Cl)cccc1NC(=O)CN(C)C1=NS(=O)(=O)c2ccccc21. The van der Waals surface area contributed by atoms with Gasteiger partial charge in [-0.3, -0.25) is 4.79 Å². The number of carbonyl (C=O) groups is 1. The van der Waals surface area contributed by atoms with Gasteiger partial charge in [0, 0.05) is 23.3 Å². The monoisotopic (exact) mass is 377 g/mol. The summed E-state index contributed by atoms with van der Waals surface area (Å²) in [7, 11) is -2.08. The van der Waals surface area contributed by atoms with Gasteiger partial charge in [-0.15, -0.1) is 4.40 Å². The number of carbonyl (C=O) groups excluding carboxylic acids is 1. The number of likely N-dealkylation sites (N-methyl/N-ethyl adjacent to an activating group) is 1. The molecule has 0 bridgehead atoms. The topological polar surface area (TPSA) is 78.8 Å². The lowest BCUT2D eigenvalue weighted by molar-refractivity contribution is -0.116. The van der Waals surface area contributed by atoms with Gasteiger partial charge in [-0.1, -0.05) is 29.8 Å². The Morgan fingerprint density at radius 1 is 1.20 bits per heavy atom. The van der Waals surface area contributed by atoms with E-state index in [0.29, 0.717) is 16.3 Å². The van der Waals surface area contributed by atoms with Crippen molar-refractivity contribution in [1.29, 1.82) is 0 Å². The molecule has 0 aliphatic carbocycles. The summed E-state index contributed by atoms with van der Waals surface area (Å²) in [6, 6.07) is 11.8. The first-order valence-corrected chi connectivity index (χ1v) is 9.32. The molecule has 1 aliphatic rings. The van der Waals surface area contributed by atoms with Crippen LogP contribution in [0.25, 0.3) is 0 Å². The highest BCUT2D eigenvalue weighted by atomic mass is 35.5. The van der Waals surface area contributed by atoms with Crippen molar-refractivity contribution in [2.45, 2.75) is 11.8 Å². The molecule has 0 radical (unpaired) electrons. The largest absolute Gasteiger partial charge is 0.349 e. The van der Waals surface area contributed by atoms with Crippen LogP contribution >= 0.6 is 11.6 Å². The molecule has 1 amide bonds. The van der Waals surface area contributed by atoms with Gasteiger partial charge < -0.3 is 10.2 Å². The predicted octanol–water partition coefficient (Wildman–Crippen LogP) is 2.67. The number of hydrogen-bond acceptors (Lipinski definition) is 4. The standard InChI is InChI=1S/C17H16ClN3O3S/c1-11-13(18)7-5-8-14(11)19-16(22)10-21(2)17-12-6-3-4-9-15(12)25(23,24)20-17/h3-9H,10H2,1-2H3,(H,19,22). The molecule has 0 saturated heterocycles. The van der Waals surface area contributed by atoms with Gasteiger partial charge in [0.15, 0.2) is 5.84 Å². The summed E-state index contributed by atoms with van der Waals surface area (Å²) in [5.74, 6) is -0.0362. The van der Waals surface area contributed by atoms with Crippen LogP contribution in [0.2, 0.25) is 5.02 Å². The number of anilines is 1. The molecule has 3 rings (SSSR count). The van der Waals surface area contributed by atoms with E-state index in [9.17, 15) is 13.2 Å². The van der Waals surface area contributed by atoms with Crippen molar-refractivity contribution in [2.75, 3.05) is 18.9 Å². The Balaban J connectivity index is 1.78. The molecule has 2 aromatic rings. The average molecular weight is 378 g/mol. The number of amidine groups is 1. The van der Waals surface area contributed by atoms with Crippen LogP contribution < -0.4 is 5.32 Å². The Morgan fingerprint density at radius 3 is 2.68 bits per heavy atom. The highest BCUT2D eigenvalue weighted by molar-refractivity contribution is 7.90. The zero-order chi connectivity index (χ0) is 18.2. The second-order valence-corrected chi connectivity index (χ2v) is 7.68. The summed E-state index contributed by atoms with van der Waals surface area (Å²) in [4.78, 5) is 14.0. The summed E-state index contributed by atoms with van der Waals surface area (Å²) in [6.45, 7) is 1.76. The first kappa shape index (κ1) is 17.4. The minimum absolute atomic E-state index is 0.0470. The number of rotatable bonds is 3. The lowest BCUT2D eigenvalue weighted by Gasteiger charge is -2.19. The highest BCUT2D eigenvalue weighted by Gasteiger charge is 2.30. The second-order valence-electron chi connectivity index (χ2n) is 5.70. The highest BCUT2D eigenvalue weighted by Crippen LogP contribution is 2.27. The molecular formula is C17H16ClN3O3S. The van der Waals surface area contributed by atoms with Gasteiger partial charge in [0.1, 0.15) is 4.90 Å². The summed E-state index contributed by atoms with van der Waals surface area (Å²) in [5, 5.41) is 3.34. The van der Waals surface area contributed by atoms with Crippen LogP contribution in [0, 0.1) is 6.92 Å². The van der Waals surface area contributed by atoms with Crippen LogP contribution in [0.5, 0.6) is 0 Å². The lowest BCUT2D eigenvalue weighted by Crippen LogP contribution is -2.35. The number of benzene rings is 2. The molecular weight excluding hydrogens is 362 g/mol. The Labute approximate surface area is 151 Å². The molecule has 1 heterocycles. The number of amides is 1. The lowest BCUT2D eigenvalue weighted by atomic mass is 10.2. The van der Waals surface area contributed by atoms with Crippen molar-refractivity contribution in [3.63, 3.8) is 0 Å². The first-order valence-electron chi connectivity index (χ1n) is 7.50. The quantitative estimate of drug-likeness (QED) is 0.891. The number of sulfonamides is 1. The van der Waals surface area contributed by atoms with Gasteiger partial charge in [0.25, 0.3) is 10.0 Å². The van der Waals surface area contributed by atoms with Gasteiger partial charge in [0.05, 0.1) is 6.54 Å². The molecule has 0 saturated carbocycles. The fourth-order valence-electron chi connectivity index (χ4n) is 2.59. The van der Waals surface area contributed by atoms with E-state index in [1.165, 1.54) is 11.0 Å². The van der Waals surface area contributed by atoms with Gasteiger partial charge in [-0.05, 0) is 36.8 Å². The van der Waals surface area contributed by atoms with E-state index in [0.717, 1.165) is 5.56 Å². The molecule has 1 N–H and O–H groups in total. The Bertz CT molecular complexity index is 986. The van der Waals surface area contributed by atoms with Gasteiger partial charge >= 0.3 is 0 Å². The molecule has 0 atom stereocenters. The van der Waals surface area contributed by atoms with Crippen molar-refractivity contribution < 1.29 is 13.2 Å². The third-order valence-electron chi connectivity index (χ3n) is 3.90. The van der Waals surface area contributed by atoms with E-state index in [-0.39, 0.29) is 23.2 Å². The zero-order valence-electron chi connectivity index (χ0n) is 13.7. The maximum Gasteiger partial charge on any atom is 0.285 e. The van der Waals surface area contributed by atoms with E-state index in [1.807, 2.05) is 6.92 Å². The molecule has 0 unspecified atom stereocenters. The number of fused-ring (bicyclic) bond motifs is 1. The number of nitrogens with zero attached hydrogens (tertiary/aromatic N) is 2. The van der Waals surface area contributed by atoms with E-state index in [2.05, 4.69) is 9.71 Å². The van der Waals surface area contributed by atoms with Crippen LogP contribution in [0.4, 0.5) is 5.69 Å². The second kappa shape index (κ2) is 6.50.